The van der Waals surface area contributed by atoms with E-state index in [0.29, 0.717) is 0 Å². The van der Waals surface area contributed by atoms with Crippen LogP contribution in [0, 0.1) is 0 Å². The molecule has 0 fully saturated rings. The zero-order chi connectivity index (χ0) is 5.70. The number of hydrogen-bond acceptors (Lipinski definition) is 1. The summed E-state index contributed by atoms with van der Waals surface area (Å²) in [7, 11) is -0.737. The molecule has 0 aromatic heterocycles. The van der Waals surface area contributed by atoms with Gasteiger partial charge in [-0.3, -0.25) is 4.79 Å². The lowest BCUT2D eigenvalue weighted by Crippen LogP contribution is -2.02. The zero-order valence-electron chi connectivity index (χ0n) is 4.48. The third-order valence-corrected chi connectivity index (χ3v) is 2.23. The smallest absolute Gasteiger partial charge is 0.261 e. The topological polar surface area (TPSA) is 37.3 Å². The van der Waals surface area contributed by atoms with E-state index in [2.05, 4.69) is 0 Å². The van der Waals surface area contributed by atoms with Gasteiger partial charge in [0.1, 0.15) is 0 Å². The summed E-state index contributed by atoms with van der Waals surface area (Å²) >= 11 is 0. The van der Waals surface area contributed by atoms with Crippen molar-refractivity contribution in [3.05, 3.63) is 0 Å². The normalized spacial score (nSPS) is 10.4. The molecule has 0 spiro atoms. The van der Waals surface area contributed by atoms with E-state index >= 15 is 0 Å². The molecule has 0 radical (unpaired) electrons. The first kappa shape index (κ1) is 6.69. The second-order valence-corrected chi connectivity index (χ2v) is 3.31. The first-order chi connectivity index (χ1) is 3.27. The Morgan fingerprint density at radius 1 is 1.86 bits per heavy atom. The molecule has 0 heterocycles. The standard InChI is InChI=1S/C4H10O2Si/c1-2-3-7-4(5)6/h2-3,7H2,1H3,(H,5,6). The molecule has 0 aliphatic rings. The fraction of sp³-hybridized carbons (Fsp3) is 0.750. The van der Waals surface area contributed by atoms with Crippen molar-refractivity contribution >= 4 is 15.1 Å². The third-order valence-electron chi connectivity index (χ3n) is 0.744. The summed E-state index contributed by atoms with van der Waals surface area (Å²) in [4.78, 5) is 9.82. The average molecular weight is 118 g/mol. The second-order valence-electron chi connectivity index (χ2n) is 1.50. The highest BCUT2D eigenvalue weighted by atomic mass is 28.2. The minimum absolute atomic E-state index is 0.554. The van der Waals surface area contributed by atoms with Crippen molar-refractivity contribution < 1.29 is 9.90 Å². The van der Waals surface area contributed by atoms with Crippen LogP contribution in [-0.4, -0.2) is 20.2 Å². The van der Waals surface area contributed by atoms with Crippen molar-refractivity contribution in [1.82, 2.24) is 0 Å². The first-order valence-electron chi connectivity index (χ1n) is 2.49. The molecule has 0 aliphatic carbocycles. The molecule has 0 unspecified atom stereocenters. The fourth-order valence-corrected chi connectivity index (χ4v) is 0.984. The summed E-state index contributed by atoms with van der Waals surface area (Å²) < 4.78 is 0. The lowest BCUT2D eigenvalue weighted by atomic mass is 10.6. The molecule has 0 amide bonds. The quantitative estimate of drug-likeness (QED) is 0.553. The zero-order valence-corrected chi connectivity index (χ0v) is 5.89. The van der Waals surface area contributed by atoms with E-state index in [1.807, 2.05) is 6.92 Å². The van der Waals surface area contributed by atoms with Crippen LogP contribution in [0.1, 0.15) is 13.3 Å². The molecule has 0 aromatic carbocycles. The Morgan fingerprint density at radius 3 is 2.57 bits per heavy atom. The maximum atomic E-state index is 9.82. The summed E-state index contributed by atoms with van der Waals surface area (Å²) in [5, 5.41) is 8.11. The SMILES string of the molecule is CCC[SiH2]C(=O)O. The van der Waals surface area contributed by atoms with E-state index in [9.17, 15) is 4.79 Å². The summed E-state index contributed by atoms with van der Waals surface area (Å²) in [6.07, 6.45) is 1.03. The van der Waals surface area contributed by atoms with Crippen LogP contribution < -0.4 is 0 Å². The second kappa shape index (κ2) is 3.86. The lowest BCUT2D eigenvalue weighted by molar-refractivity contribution is 0.219. The van der Waals surface area contributed by atoms with Gasteiger partial charge in [0.25, 0.3) is 5.59 Å². The molecular formula is C4H10O2Si. The molecule has 2 nitrogen and oxygen atoms in total. The third kappa shape index (κ3) is 5.69. The number of hydrogen-bond donors (Lipinski definition) is 1. The predicted molar refractivity (Wildman–Crippen MR) is 31.7 cm³/mol. The number of rotatable bonds is 3. The summed E-state index contributed by atoms with van der Waals surface area (Å²) in [6.45, 7) is 2.01. The number of carboxylic acid groups (broad SMARTS) is 1. The Bertz CT molecular complexity index is 62.7. The van der Waals surface area contributed by atoms with Gasteiger partial charge in [-0.15, -0.1) is 0 Å². The highest BCUT2D eigenvalue weighted by Gasteiger charge is 1.92. The molecular weight excluding hydrogens is 108 g/mol. The van der Waals surface area contributed by atoms with Crippen LogP contribution in [0.2, 0.25) is 6.04 Å². The summed E-state index contributed by atoms with van der Waals surface area (Å²) in [5.74, 6) is 0. The average Bonchev–Trinajstić information content (AvgIpc) is 1.61. The van der Waals surface area contributed by atoms with E-state index in [1.165, 1.54) is 0 Å². The maximum absolute atomic E-state index is 9.82. The fourth-order valence-electron chi connectivity index (χ4n) is 0.328. The summed E-state index contributed by atoms with van der Waals surface area (Å²) in [6, 6.07) is 0.940. The van der Waals surface area contributed by atoms with Crippen molar-refractivity contribution in [3.8, 4) is 0 Å². The van der Waals surface area contributed by atoms with E-state index in [1.54, 1.807) is 0 Å². The monoisotopic (exact) mass is 118 g/mol. The van der Waals surface area contributed by atoms with Crippen molar-refractivity contribution in [3.63, 3.8) is 0 Å². The molecule has 0 bridgehead atoms. The van der Waals surface area contributed by atoms with Gasteiger partial charge in [0, 0.05) is 0 Å². The van der Waals surface area contributed by atoms with Crippen LogP contribution in [0.5, 0.6) is 0 Å². The molecule has 0 aromatic rings. The van der Waals surface area contributed by atoms with Gasteiger partial charge in [0.05, 0.1) is 0 Å². The van der Waals surface area contributed by atoms with Crippen molar-refractivity contribution in [1.29, 1.82) is 0 Å². The molecule has 7 heavy (non-hydrogen) atoms. The van der Waals surface area contributed by atoms with Crippen molar-refractivity contribution in [2.75, 3.05) is 0 Å². The van der Waals surface area contributed by atoms with E-state index in [4.69, 9.17) is 5.11 Å². The lowest BCUT2D eigenvalue weighted by Gasteiger charge is -1.84. The van der Waals surface area contributed by atoms with E-state index in [0.717, 1.165) is 12.5 Å². The van der Waals surface area contributed by atoms with Gasteiger partial charge >= 0.3 is 0 Å². The minimum atomic E-state index is -0.737. The molecule has 0 atom stereocenters. The Morgan fingerprint density at radius 2 is 2.43 bits per heavy atom. The molecule has 0 saturated carbocycles. The Balaban J connectivity index is 2.82. The van der Waals surface area contributed by atoms with Gasteiger partial charge in [-0.05, 0) is 0 Å². The highest BCUT2D eigenvalue weighted by Crippen LogP contribution is 1.83. The van der Waals surface area contributed by atoms with Gasteiger partial charge in [-0.25, -0.2) is 0 Å². The predicted octanol–water partition coefficient (Wildman–Crippen LogP) is 0.661. The van der Waals surface area contributed by atoms with E-state index in [-0.39, 0.29) is 0 Å². The largest absolute Gasteiger partial charge is 0.486 e. The van der Waals surface area contributed by atoms with Crippen LogP contribution in [0.15, 0.2) is 0 Å². The molecule has 0 rings (SSSR count). The van der Waals surface area contributed by atoms with Gasteiger partial charge in [0.2, 0.25) is 0 Å². The van der Waals surface area contributed by atoms with Gasteiger partial charge in [-0.1, -0.05) is 19.4 Å². The highest BCUT2D eigenvalue weighted by molar-refractivity contribution is 6.71. The molecule has 0 saturated heterocycles. The molecule has 3 heteroatoms. The van der Waals surface area contributed by atoms with E-state index < -0.39 is 15.1 Å². The maximum Gasteiger partial charge on any atom is 0.261 e. The Labute approximate surface area is 45.4 Å². The van der Waals surface area contributed by atoms with Gasteiger partial charge in [-0.2, -0.15) is 0 Å². The molecule has 0 aliphatic heterocycles. The van der Waals surface area contributed by atoms with Crippen LogP contribution in [0.25, 0.3) is 0 Å². The van der Waals surface area contributed by atoms with Crippen molar-refractivity contribution in [2.24, 2.45) is 0 Å². The van der Waals surface area contributed by atoms with Gasteiger partial charge in [0.15, 0.2) is 9.52 Å². The van der Waals surface area contributed by atoms with Crippen LogP contribution >= 0.6 is 0 Å². The Hall–Kier alpha value is -0.313. The minimum Gasteiger partial charge on any atom is -0.486 e. The van der Waals surface area contributed by atoms with Crippen LogP contribution in [-0.2, 0) is 0 Å². The molecule has 1 N–H and O–H groups in total. The van der Waals surface area contributed by atoms with Crippen LogP contribution in [0.3, 0.4) is 0 Å². The number of carbonyl (C=O) groups is 1. The summed E-state index contributed by atoms with van der Waals surface area (Å²) in [5.41, 5.74) is -0.554. The first-order valence-corrected chi connectivity index (χ1v) is 4.20. The Kier molecular flexibility index (Phi) is 3.69. The van der Waals surface area contributed by atoms with Crippen LogP contribution in [0.4, 0.5) is 4.79 Å². The van der Waals surface area contributed by atoms with Gasteiger partial charge < -0.3 is 5.11 Å². The molecule has 42 valence electrons. The van der Waals surface area contributed by atoms with Crippen molar-refractivity contribution in [2.45, 2.75) is 19.4 Å².